The topological polar surface area (TPSA) is 58.6 Å². The summed E-state index contributed by atoms with van der Waals surface area (Å²) >= 11 is 0. The van der Waals surface area contributed by atoms with Crippen molar-refractivity contribution in [1.82, 2.24) is 15.0 Å². The SMILES string of the molecule is CC(C)(C)c1nc(-c2ccc3cccnc3c2)cc(=O)[nH]1. The molecule has 4 heteroatoms. The first kappa shape index (κ1) is 13.5. The third kappa shape index (κ3) is 2.70. The standard InChI is InChI=1S/C17H17N3O/c1-17(2,3)16-19-14(10-15(21)20-16)12-7-6-11-5-4-8-18-13(11)9-12/h4-10H,1-3H3,(H,19,20,21). The lowest BCUT2D eigenvalue weighted by Crippen LogP contribution is -2.21. The monoisotopic (exact) mass is 279 g/mol. The second kappa shape index (κ2) is 4.81. The molecule has 0 aliphatic rings. The molecule has 0 fully saturated rings. The van der Waals surface area contributed by atoms with Crippen LogP contribution in [0.15, 0.2) is 47.4 Å². The van der Waals surface area contributed by atoms with Crippen LogP contribution in [0.5, 0.6) is 0 Å². The van der Waals surface area contributed by atoms with Gasteiger partial charge >= 0.3 is 0 Å². The summed E-state index contributed by atoms with van der Waals surface area (Å²) in [6.07, 6.45) is 1.76. The number of benzene rings is 1. The minimum atomic E-state index is -0.204. The zero-order valence-corrected chi connectivity index (χ0v) is 12.3. The van der Waals surface area contributed by atoms with Crippen LogP contribution >= 0.6 is 0 Å². The molecule has 106 valence electrons. The van der Waals surface area contributed by atoms with Gasteiger partial charge in [-0.1, -0.05) is 39.0 Å². The molecule has 4 nitrogen and oxygen atoms in total. The van der Waals surface area contributed by atoms with E-state index >= 15 is 0 Å². The number of hydrogen-bond acceptors (Lipinski definition) is 3. The maximum atomic E-state index is 11.9. The molecule has 3 rings (SSSR count). The van der Waals surface area contributed by atoms with Crippen LogP contribution in [0.25, 0.3) is 22.2 Å². The Labute approximate surface area is 122 Å². The molecule has 0 saturated heterocycles. The van der Waals surface area contributed by atoms with Crippen molar-refractivity contribution < 1.29 is 0 Å². The fraction of sp³-hybridized carbons (Fsp3) is 0.235. The molecule has 0 radical (unpaired) electrons. The van der Waals surface area contributed by atoms with Crippen molar-refractivity contribution in [2.45, 2.75) is 26.2 Å². The van der Waals surface area contributed by atoms with Crippen LogP contribution in [-0.2, 0) is 5.41 Å². The summed E-state index contributed by atoms with van der Waals surface area (Å²) in [6.45, 7) is 6.07. The smallest absolute Gasteiger partial charge is 0.251 e. The largest absolute Gasteiger partial charge is 0.310 e. The van der Waals surface area contributed by atoms with Crippen LogP contribution in [0.3, 0.4) is 0 Å². The molecule has 0 aliphatic carbocycles. The van der Waals surface area contributed by atoms with Gasteiger partial charge in [-0.2, -0.15) is 0 Å². The zero-order valence-electron chi connectivity index (χ0n) is 12.3. The number of nitrogens with one attached hydrogen (secondary N) is 1. The van der Waals surface area contributed by atoms with E-state index in [9.17, 15) is 4.79 Å². The fourth-order valence-corrected chi connectivity index (χ4v) is 2.19. The van der Waals surface area contributed by atoms with Crippen molar-refractivity contribution in [3.8, 4) is 11.3 Å². The van der Waals surface area contributed by atoms with Gasteiger partial charge in [-0.05, 0) is 12.1 Å². The summed E-state index contributed by atoms with van der Waals surface area (Å²) in [7, 11) is 0. The van der Waals surface area contributed by atoms with Gasteiger partial charge in [0, 0.05) is 28.6 Å². The molecule has 0 aliphatic heterocycles. The number of fused-ring (bicyclic) bond motifs is 1. The highest BCUT2D eigenvalue weighted by Crippen LogP contribution is 2.23. The van der Waals surface area contributed by atoms with Gasteiger partial charge < -0.3 is 4.98 Å². The Morgan fingerprint density at radius 3 is 2.67 bits per heavy atom. The summed E-state index contributed by atoms with van der Waals surface area (Å²) in [5.41, 5.74) is 2.14. The van der Waals surface area contributed by atoms with E-state index in [1.54, 1.807) is 6.20 Å². The summed E-state index contributed by atoms with van der Waals surface area (Å²) in [5, 5.41) is 1.07. The van der Waals surface area contributed by atoms with E-state index < -0.39 is 0 Å². The maximum absolute atomic E-state index is 11.9. The molecule has 0 atom stereocenters. The van der Waals surface area contributed by atoms with Gasteiger partial charge in [0.05, 0.1) is 11.2 Å². The van der Waals surface area contributed by atoms with E-state index in [0.717, 1.165) is 16.5 Å². The van der Waals surface area contributed by atoms with Gasteiger partial charge in [0.25, 0.3) is 5.56 Å². The highest BCUT2D eigenvalue weighted by atomic mass is 16.1. The molecule has 0 amide bonds. The summed E-state index contributed by atoms with van der Waals surface area (Å²) in [6, 6.07) is 11.4. The molecule has 2 aromatic heterocycles. The van der Waals surface area contributed by atoms with Gasteiger partial charge in [-0.3, -0.25) is 9.78 Å². The lowest BCUT2D eigenvalue weighted by molar-refractivity contribution is 0.543. The van der Waals surface area contributed by atoms with Gasteiger partial charge in [0.1, 0.15) is 5.82 Å². The predicted octanol–water partition coefficient (Wildman–Crippen LogP) is 3.28. The Bertz CT molecular complexity index is 860. The van der Waals surface area contributed by atoms with E-state index in [2.05, 4.69) is 15.0 Å². The van der Waals surface area contributed by atoms with E-state index in [0.29, 0.717) is 11.5 Å². The molecule has 3 aromatic rings. The van der Waals surface area contributed by atoms with Crippen molar-refractivity contribution in [3.05, 3.63) is 58.8 Å². The molecule has 0 spiro atoms. The molecular weight excluding hydrogens is 262 g/mol. The lowest BCUT2D eigenvalue weighted by Gasteiger charge is -2.17. The lowest BCUT2D eigenvalue weighted by atomic mass is 9.95. The second-order valence-corrected chi connectivity index (χ2v) is 6.14. The number of rotatable bonds is 1. The first-order chi connectivity index (χ1) is 9.93. The molecule has 0 unspecified atom stereocenters. The van der Waals surface area contributed by atoms with E-state index in [1.807, 2.05) is 51.1 Å². The molecule has 21 heavy (non-hydrogen) atoms. The average molecular weight is 279 g/mol. The quantitative estimate of drug-likeness (QED) is 0.743. The number of H-pyrrole nitrogens is 1. The van der Waals surface area contributed by atoms with Crippen LogP contribution in [0.2, 0.25) is 0 Å². The van der Waals surface area contributed by atoms with Crippen LogP contribution in [0, 0.1) is 0 Å². The van der Waals surface area contributed by atoms with Crippen LogP contribution in [0.4, 0.5) is 0 Å². The highest BCUT2D eigenvalue weighted by Gasteiger charge is 2.18. The number of hydrogen-bond donors (Lipinski definition) is 1. The van der Waals surface area contributed by atoms with E-state index in [4.69, 9.17) is 0 Å². The molecular formula is C17H17N3O. The van der Waals surface area contributed by atoms with Crippen molar-refractivity contribution in [1.29, 1.82) is 0 Å². The Hall–Kier alpha value is -2.49. The van der Waals surface area contributed by atoms with Gasteiger partial charge in [0.2, 0.25) is 0 Å². The van der Waals surface area contributed by atoms with Crippen LogP contribution in [0.1, 0.15) is 26.6 Å². The summed E-state index contributed by atoms with van der Waals surface area (Å²) < 4.78 is 0. The average Bonchev–Trinajstić information content (AvgIpc) is 2.45. The normalized spacial score (nSPS) is 11.8. The van der Waals surface area contributed by atoms with Crippen molar-refractivity contribution in [3.63, 3.8) is 0 Å². The number of aromatic amines is 1. The van der Waals surface area contributed by atoms with Crippen molar-refractivity contribution in [2.24, 2.45) is 0 Å². The minimum absolute atomic E-state index is 0.133. The first-order valence-electron chi connectivity index (χ1n) is 6.90. The highest BCUT2D eigenvalue weighted by molar-refractivity contribution is 5.83. The van der Waals surface area contributed by atoms with Crippen molar-refractivity contribution >= 4 is 10.9 Å². The number of pyridine rings is 1. The van der Waals surface area contributed by atoms with Gasteiger partial charge in [-0.25, -0.2) is 4.98 Å². The molecule has 0 saturated carbocycles. The molecule has 1 N–H and O–H groups in total. The fourth-order valence-electron chi connectivity index (χ4n) is 2.19. The zero-order chi connectivity index (χ0) is 15.0. The van der Waals surface area contributed by atoms with Crippen LogP contribution in [-0.4, -0.2) is 15.0 Å². The predicted molar refractivity (Wildman–Crippen MR) is 84.3 cm³/mol. The minimum Gasteiger partial charge on any atom is -0.310 e. The van der Waals surface area contributed by atoms with Crippen molar-refractivity contribution in [2.75, 3.05) is 0 Å². The number of aromatic nitrogens is 3. The third-order valence-corrected chi connectivity index (χ3v) is 3.35. The number of nitrogens with zero attached hydrogens (tertiary/aromatic N) is 2. The molecule has 2 heterocycles. The van der Waals surface area contributed by atoms with E-state index in [-0.39, 0.29) is 11.0 Å². The van der Waals surface area contributed by atoms with Gasteiger partial charge in [-0.15, -0.1) is 0 Å². The Kier molecular flexibility index (Phi) is 3.09. The second-order valence-electron chi connectivity index (χ2n) is 6.14. The molecule has 1 aromatic carbocycles. The summed E-state index contributed by atoms with van der Waals surface area (Å²) in [4.78, 5) is 23.6. The first-order valence-corrected chi connectivity index (χ1v) is 6.90. The molecule has 0 bridgehead atoms. The maximum Gasteiger partial charge on any atom is 0.251 e. The Morgan fingerprint density at radius 2 is 1.90 bits per heavy atom. The Balaban J connectivity index is 2.18. The van der Waals surface area contributed by atoms with Gasteiger partial charge in [0.15, 0.2) is 0 Å². The van der Waals surface area contributed by atoms with E-state index in [1.165, 1.54) is 6.07 Å². The van der Waals surface area contributed by atoms with Crippen LogP contribution < -0.4 is 5.56 Å². The summed E-state index contributed by atoms with van der Waals surface area (Å²) in [5.74, 6) is 0.686. The third-order valence-electron chi connectivity index (χ3n) is 3.35. The Morgan fingerprint density at radius 1 is 1.10 bits per heavy atom.